The van der Waals surface area contributed by atoms with E-state index in [4.69, 9.17) is 27.9 Å². The van der Waals surface area contributed by atoms with Crippen LogP contribution in [0.25, 0.3) is 0 Å². The molecule has 1 aromatic carbocycles. The van der Waals surface area contributed by atoms with Gasteiger partial charge in [-0.3, -0.25) is 5.32 Å². The summed E-state index contributed by atoms with van der Waals surface area (Å²) in [5.41, 5.74) is 0.519. The van der Waals surface area contributed by atoms with E-state index in [9.17, 15) is 4.79 Å². The van der Waals surface area contributed by atoms with E-state index in [0.29, 0.717) is 15.7 Å². The van der Waals surface area contributed by atoms with Crippen molar-refractivity contribution in [2.24, 2.45) is 0 Å². The maximum absolute atomic E-state index is 11.4. The van der Waals surface area contributed by atoms with Gasteiger partial charge < -0.3 is 4.74 Å². The molecule has 0 aliphatic carbocycles. The minimum atomic E-state index is -0.507. The quantitative estimate of drug-likeness (QED) is 0.879. The van der Waals surface area contributed by atoms with Crippen LogP contribution in [0.2, 0.25) is 10.0 Å². The monoisotopic (exact) mass is 261 g/mol. The average Bonchev–Trinajstić information content (AvgIpc) is 2.15. The number of hydrogen-bond donors (Lipinski definition) is 1. The van der Waals surface area contributed by atoms with Crippen molar-refractivity contribution in [2.45, 2.75) is 26.4 Å². The molecule has 0 aromatic heterocycles. The lowest BCUT2D eigenvalue weighted by Gasteiger charge is -2.12. The van der Waals surface area contributed by atoms with Crippen LogP contribution in [0.5, 0.6) is 0 Å². The zero-order chi connectivity index (χ0) is 12.1. The molecule has 0 radical (unpaired) electrons. The molecule has 1 atom stereocenters. The van der Waals surface area contributed by atoms with Crippen LogP contribution < -0.4 is 5.32 Å². The largest absolute Gasteiger partial charge is 0.446 e. The third-order valence-electron chi connectivity index (χ3n) is 1.99. The van der Waals surface area contributed by atoms with Gasteiger partial charge in [-0.15, -0.1) is 0 Å². The first-order valence-electron chi connectivity index (χ1n) is 4.95. The molecule has 0 saturated carbocycles. The van der Waals surface area contributed by atoms with Gasteiger partial charge >= 0.3 is 6.09 Å². The van der Waals surface area contributed by atoms with Crippen molar-refractivity contribution in [3.05, 3.63) is 28.2 Å². The normalized spacial score (nSPS) is 12.0. The van der Waals surface area contributed by atoms with Crippen molar-refractivity contribution < 1.29 is 9.53 Å². The molecule has 1 N–H and O–H groups in total. The van der Waals surface area contributed by atoms with Crippen molar-refractivity contribution >= 4 is 35.0 Å². The second-order valence-electron chi connectivity index (χ2n) is 3.41. The van der Waals surface area contributed by atoms with Gasteiger partial charge in [0.15, 0.2) is 0 Å². The Labute approximate surface area is 105 Å². The fourth-order valence-electron chi connectivity index (χ4n) is 1.04. The highest BCUT2D eigenvalue weighted by molar-refractivity contribution is 6.35. The van der Waals surface area contributed by atoms with E-state index in [1.54, 1.807) is 18.2 Å². The molecule has 16 heavy (non-hydrogen) atoms. The van der Waals surface area contributed by atoms with Crippen LogP contribution in [0, 0.1) is 0 Å². The van der Waals surface area contributed by atoms with Crippen LogP contribution in [0.15, 0.2) is 18.2 Å². The maximum Gasteiger partial charge on any atom is 0.411 e. The number of ether oxygens (including phenoxy) is 1. The first-order chi connectivity index (χ1) is 7.51. The van der Waals surface area contributed by atoms with Crippen molar-refractivity contribution in [1.82, 2.24) is 0 Å². The summed E-state index contributed by atoms with van der Waals surface area (Å²) in [5, 5.41) is 3.49. The molecule has 0 heterocycles. The highest BCUT2D eigenvalue weighted by atomic mass is 35.5. The van der Waals surface area contributed by atoms with Crippen molar-refractivity contribution in [2.75, 3.05) is 5.32 Å². The number of carbonyl (C=O) groups is 1. The van der Waals surface area contributed by atoms with E-state index in [-0.39, 0.29) is 6.10 Å². The van der Waals surface area contributed by atoms with Crippen molar-refractivity contribution in [3.63, 3.8) is 0 Å². The summed E-state index contributed by atoms with van der Waals surface area (Å²) in [6, 6.07) is 4.80. The summed E-state index contributed by atoms with van der Waals surface area (Å²) >= 11 is 11.6. The Kier molecular flexibility index (Phi) is 4.90. The molecule has 5 heteroatoms. The van der Waals surface area contributed by atoms with E-state index in [1.807, 2.05) is 13.8 Å². The van der Waals surface area contributed by atoms with Crippen molar-refractivity contribution in [1.29, 1.82) is 0 Å². The van der Waals surface area contributed by atoms with E-state index in [2.05, 4.69) is 5.32 Å². The summed E-state index contributed by atoms with van der Waals surface area (Å²) in [4.78, 5) is 11.4. The van der Waals surface area contributed by atoms with Crippen LogP contribution in [0.3, 0.4) is 0 Å². The number of rotatable bonds is 3. The molecule has 0 fully saturated rings. The summed E-state index contributed by atoms with van der Waals surface area (Å²) in [6.45, 7) is 3.76. The minimum absolute atomic E-state index is 0.116. The topological polar surface area (TPSA) is 38.3 Å². The third kappa shape index (κ3) is 4.29. The predicted molar refractivity (Wildman–Crippen MR) is 66.3 cm³/mol. The van der Waals surface area contributed by atoms with Crippen LogP contribution in [-0.2, 0) is 4.74 Å². The van der Waals surface area contributed by atoms with Crippen LogP contribution in [-0.4, -0.2) is 12.2 Å². The molecular formula is C11H13Cl2NO2. The standard InChI is InChI=1S/C11H13Cl2NO2/c1-3-7(2)16-11(15)14-10-5-8(12)4-9(13)6-10/h4-7H,3H2,1-2H3,(H,14,15). The summed E-state index contributed by atoms with van der Waals surface area (Å²) < 4.78 is 5.05. The number of halogens is 2. The van der Waals surface area contributed by atoms with Gasteiger partial charge in [0.1, 0.15) is 6.10 Å². The lowest BCUT2D eigenvalue weighted by molar-refractivity contribution is 0.118. The Morgan fingerprint density at radius 1 is 1.38 bits per heavy atom. The first kappa shape index (κ1) is 13.1. The number of amides is 1. The molecule has 1 unspecified atom stereocenters. The Hall–Kier alpha value is -0.930. The Morgan fingerprint density at radius 3 is 2.44 bits per heavy atom. The number of nitrogens with one attached hydrogen (secondary N) is 1. The maximum atomic E-state index is 11.4. The Bertz CT molecular complexity index is 362. The van der Waals surface area contributed by atoms with Gasteiger partial charge in [-0.25, -0.2) is 4.79 Å². The lowest BCUT2D eigenvalue weighted by atomic mass is 10.3. The Morgan fingerprint density at radius 2 is 1.94 bits per heavy atom. The SMILES string of the molecule is CCC(C)OC(=O)Nc1cc(Cl)cc(Cl)c1. The van der Waals surface area contributed by atoms with Gasteiger partial charge in [-0.2, -0.15) is 0 Å². The zero-order valence-electron chi connectivity index (χ0n) is 9.09. The van der Waals surface area contributed by atoms with Crippen LogP contribution in [0.1, 0.15) is 20.3 Å². The summed E-state index contributed by atoms with van der Waals surface area (Å²) in [6.07, 6.45) is 0.145. The van der Waals surface area contributed by atoms with Crippen LogP contribution in [0.4, 0.5) is 10.5 Å². The average molecular weight is 262 g/mol. The molecule has 0 aliphatic rings. The zero-order valence-corrected chi connectivity index (χ0v) is 10.6. The molecule has 1 aromatic rings. The molecular weight excluding hydrogens is 249 g/mol. The second kappa shape index (κ2) is 5.97. The van der Waals surface area contributed by atoms with Gasteiger partial charge in [0, 0.05) is 15.7 Å². The highest BCUT2D eigenvalue weighted by Crippen LogP contribution is 2.22. The van der Waals surface area contributed by atoms with Gasteiger partial charge in [0.25, 0.3) is 0 Å². The number of carbonyl (C=O) groups excluding carboxylic acids is 1. The molecule has 0 saturated heterocycles. The molecule has 0 spiro atoms. The van der Waals surface area contributed by atoms with E-state index < -0.39 is 6.09 Å². The fourth-order valence-corrected chi connectivity index (χ4v) is 1.57. The predicted octanol–water partition coefficient (Wildman–Crippen LogP) is 4.34. The lowest BCUT2D eigenvalue weighted by Crippen LogP contribution is -2.19. The van der Waals surface area contributed by atoms with Crippen LogP contribution >= 0.6 is 23.2 Å². The van der Waals surface area contributed by atoms with Gasteiger partial charge in [0.2, 0.25) is 0 Å². The Balaban J connectivity index is 2.62. The molecule has 0 aliphatic heterocycles. The number of benzene rings is 1. The summed E-state index contributed by atoms with van der Waals surface area (Å²) in [7, 11) is 0. The van der Waals surface area contributed by atoms with E-state index >= 15 is 0 Å². The molecule has 0 bridgehead atoms. The molecule has 88 valence electrons. The number of anilines is 1. The third-order valence-corrected chi connectivity index (χ3v) is 2.43. The van der Waals surface area contributed by atoms with Gasteiger partial charge in [0.05, 0.1) is 0 Å². The highest BCUT2D eigenvalue weighted by Gasteiger charge is 2.08. The fraction of sp³-hybridized carbons (Fsp3) is 0.364. The van der Waals surface area contributed by atoms with Gasteiger partial charge in [-0.1, -0.05) is 30.1 Å². The smallest absolute Gasteiger partial charge is 0.411 e. The first-order valence-corrected chi connectivity index (χ1v) is 5.70. The number of hydrogen-bond acceptors (Lipinski definition) is 2. The van der Waals surface area contributed by atoms with E-state index in [0.717, 1.165) is 6.42 Å². The molecule has 3 nitrogen and oxygen atoms in total. The van der Waals surface area contributed by atoms with Gasteiger partial charge in [-0.05, 0) is 31.5 Å². The summed E-state index contributed by atoms with van der Waals surface area (Å²) in [5.74, 6) is 0. The second-order valence-corrected chi connectivity index (χ2v) is 4.28. The van der Waals surface area contributed by atoms with E-state index in [1.165, 1.54) is 0 Å². The van der Waals surface area contributed by atoms with Crippen molar-refractivity contribution in [3.8, 4) is 0 Å². The minimum Gasteiger partial charge on any atom is -0.446 e. The molecule has 1 rings (SSSR count). The molecule has 1 amide bonds.